The van der Waals surface area contributed by atoms with Crippen molar-refractivity contribution >= 4 is 45.4 Å². The summed E-state index contributed by atoms with van der Waals surface area (Å²) in [5.41, 5.74) is 5.72. The first-order valence-corrected chi connectivity index (χ1v) is 15.8. The minimum atomic E-state index is -0.261. The Bertz CT molecular complexity index is 1980. The van der Waals surface area contributed by atoms with Gasteiger partial charge in [-0.3, -0.25) is 14.0 Å². The Morgan fingerprint density at radius 3 is 2.27 bits per heavy atom. The number of aromatic nitrogens is 4. The number of thiazole rings is 1. The lowest BCUT2D eigenvalue weighted by molar-refractivity contribution is -0.120. The molecule has 0 saturated carbocycles. The molecule has 0 spiro atoms. The van der Waals surface area contributed by atoms with Crippen LogP contribution in [-0.4, -0.2) is 31.6 Å². The molecule has 0 bridgehead atoms. The molecule has 1 N–H and O–H groups in total. The molecule has 0 saturated heterocycles. The van der Waals surface area contributed by atoms with Crippen LogP contribution in [0.5, 0.6) is 0 Å². The van der Waals surface area contributed by atoms with Gasteiger partial charge in [0, 0.05) is 29.2 Å². The lowest BCUT2D eigenvalue weighted by atomic mass is 9.88. The number of rotatable bonds is 9. The molecule has 0 radical (unpaired) electrons. The zero-order chi connectivity index (χ0) is 30.8. The number of nitrogens with one attached hydrogen (secondary N) is 1. The largest absolute Gasteiger partial charge is 0.356 e. The highest BCUT2D eigenvalue weighted by molar-refractivity contribution is 7.15. The highest BCUT2D eigenvalue weighted by atomic mass is 35.5. The van der Waals surface area contributed by atoms with Crippen molar-refractivity contribution in [2.24, 2.45) is 0 Å². The SMILES string of the molecule is Cc1nc2scc(CC(=O)NCCC(c3ccccc3)c3ccccc3)n2c(=O)c1-c1cc(C)n(-c2ccc(Cl)c(Cl)c2)n1. The lowest BCUT2D eigenvalue weighted by Crippen LogP contribution is -2.29. The smallest absolute Gasteiger partial charge is 0.268 e. The summed E-state index contributed by atoms with van der Waals surface area (Å²) in [7, 11) is 0. The summed E-state index contributed by atoms with van der Waals surface area (Å²) in [5.74, 6) is 0.00234. The van der Waals surface area contributed by atoms with Gasteiger partial charge < -0.3 is 5.32 Å². The third-order valence-corrected chi connectivity index (χ3v) is 9.23. The van der Waals surface area contributed by atoms with Crippen LogP contribution in [0.2, 0.25) is 10.0 Å². The van der Waals surface area contributed by atoms with E-state index in [1.165, 1.54) is 26.9 Å². The Morgan fingerprint density at radius 2 is 1.61 bits per heavy atom. The molecule has 0 aliphatic rings. The predicted molar refractivity (Wildman–Crippen MR) is 177 cm³/mol. The summed E-state index contributed by atoms with van der Waals surface area (Å²) in [4.78, 5) is 32.2. The van der Waals surface area contributed by atoms with Crippen LogP contribution in [0.15, 0.2) is 95.1 Å². The fraction of sp³-hybridized carbons (Fsp3) is 0.176. The van der Waals surface area contributed by atoms with Crippen LogP contribution >= 0.6 is 34.5 Å². The Kier molecular flexibility index (Phi) is 8.66. The molecule has 7 nitrogen and oxygen atoms in total. The summed E-state index contributed by atoms with van der Waals surface area (Å²) >= 11 is 13.7. The van der Waals surface area contributed by atoms with Crippen molar-refractivity contribution in [1.82, 2.24) is 24.5 Å². The first kappa shape index (κ1) is 29.8. The van der Waals surface area contributed by atoms with Gasteiger partial charge in [0.1, 0.15) is 5.69 Å². The van der Waals surface area contributed by atoms with Crippen molar-refractivity contribution < 1.29 is 4.79 Å². The highest BCUT2D eigenvalue weighted by Gasteiger charge is 2.21. The maximum absolute atomic E-state index is 13.9. The van der Waals surface area contributed by atoms with Crippen LogP contribution in [0.25, 0.3) is 21.9 Å². The molecular formula is C34H29Cl2N5O2S. The topological polar surface area (TPSA) is 81.3 Å². The number of carbonyl (C=O) groups is 1. The molecule has 10 heteroatoms. The van der Waals surface area contributed by atoms with E-state index in [0.717, 1.165) is 17.8 Å². The lowest BCUT2D eigenvalue weighted by Gasteiger charge is -2.18. The monoisotopic (exact) mass is 641 g/mol. The maximum Gasteiger partial charge on any atom is 0.268 e. The van der Waals surface area contributed by atoms with Gasteiger partial charge in [0.2, 0.25) is 5.91 Å². The van der Waals surface area contributed by atoms with Crippen molar-refractivity contribution in [3.63, 3.8) is 0 Å². The quantitative estimate of drug-likeness (QED) is 0.178. The Morgan fingerprint density at radius 1 is 0.932 bits per heavy atom. The Hall–Kier alpha value is -4.24. The van der Waals surface area contributed by atoms with Crippen LogP contribution < -0.4 is 10.9 Å². The van der Waals surface area contributed by atoms with Crippen LogP contribution in [0.3, 0.4) is 0 Å². The molecule has 3 heterocycles. The van der Waals surface area contributed by atoms with Gasteiger partial charge in [0.05, 0.1) is 33.4 Å². The van der Waals surface area contributed by atoms with Crippen LogP contribution in [0.4, 0.5) is 0 Å². The zero-order valence-electron chi connectivity index (χ0n) is 24.1. The second-order valence-corrected chi connectivity index (χ2v) is 12.2. The van der Waals surface area contributed by atoms with E-state index < -0.39 is 0 Å². The van der Waals surface area contributed by atoms with Crippen molar-refractivity contribution in [3.8, 4) is 16.9 Å². The summed E-state index contributed by atoms with van der Waals surface area (Å²) in [6.07, 6.45) is 0.804. The van der Waals surface area contributed by atoms with E-state index in [4.69, 9.17) is 33.3 Å². The first-order chi connectivity index (χ1) is 21.3. The number of fused-ring (bicyclic) bond motifs is 1. The molecule has 0 unspecified atom stereocenters. The van der Waals surface area contributed by atoms with Gasteiger partial charge in [0.15, 0.2) is 4.96 Å². The normalized spacial score (nSPS) is 11.4. The van der Waals surface area contributed by atoms with E-state index in [1.54, 1.807) is 23.7 Å². The minimum Gasteiger partial charge on any atom is -0.356 e. The fourth-order valence-corrected chi connectivity index (χ4v) is 6.70. The van der Waals surface area contributed by atoms with E-state index in [-0.39, 0.29) is 23.8 Å². The third kappa shape index (κ3) is 6.06. The van der Waals surface area contributed by atoms with Crippen LogP contribution in [0.1, 0.15) is 40.5 Å². The van der Waals surface area contributed by atoms with Crippen LogP contribution in [0, 0.1) is 13.8 Å². The summed E-state index contributed by atoms with van der Waals surface area (Å²) in [5, 5.41) is 10.5. The maximum atomic E-state index is 13.9. The van der Waals surface area contributed by atoms with Gasteiger partial charge in [-0.15, -0.1) is 11.3 Å². The number of nitrogens with zero attached hydrogens (tertiary/aromatic N) is 4. The van der Waals surface area contributed by atoms with Crippen molar-refractivity contribution in [1.29, 1.82) is 0 Å². The van der Waals surface area contributed by atoms with Gasteiger partial charge in [-0.25, -0.2) is 9.67 Å². The molecular weight excluding hydrogens is 613 g/mol. The average molecular weight is 643 g/mol. The van der Waals surface area contributed by atoms with Gasteiger partial charge in [0.25, 0.3) is 5.56 Å². The predicted octanol–water partition coefficient (Wildman–Crippen LogP) is 7.41. The molecule has 1 amide bonds. The standard InChI is InChI=1S/C34H29Cl2N5O2S/c1-21-17-30(39-41(21)25-13-14-28(35)29(36)18-25)32-22(2)38-34-40(33(32)43)26(20-44-34)19-31(42)37-16-15-27(23-9-5-3-6-10-23)24-11-7-4-8-12-24/h3-14,17-18,20,27H,15-16,19H2,1-2H3,(H,37,42). The van der Waals surface area contributed by atoms with E-state index in [2.05, 4.69) is 29.6 Å². The molecule has 0 fully saturated rings. The van der Waals surface area contributed by atoms with Gasteiger partial charge in [-0.2, -0.15) is 5.10 Å². The number of halogens is 2. The molecule has 0 atom stereocenters. The second kappa shape index (κ2) is 12.8. The number of carbonyl (C=O) groups excluding carboxylic acids is 1. The molecule has 6 rings (SSSR count). The molecule has 3 aromatic carbocycles. The minimum absolute atomic E-state index is 0.0577. The Balaban J connectivity index is 1.22. The van der Waals surface area contributed by atoms with Crippen LogP contribution in [-0.2, 0) is 11.2 Å². The zero-order valence-corrected chi connectivity index (χ0v) is 26.5. The van der Waals surface area contributed by atoms with E-state index in [9.17, 15) is 9.59 Å². The number of amides is 1. The molecule has 222 valence electrons. The summed E-state index contributed by atoms with van der Waals surface area (Å²) in [6, 6.07) is 27.7. The fourth-order valence-electron chi connectivity index (χ4n) is 5.48. The number of hydrogen-bond acceptors (Lipinski definition) is 5. The number of benzene rings is 3. The molecule has 6 aromatic rings. The average Bonchev–Trinajstić information content (AvgIpc) is 3.60. The molecule has 0 aliphatic heterocycles. The molecule has 0 aliphatic carbocycles. The summed E-state index contributed by atoms with van der Waals surface area (Å²) in [6.45, 7) is 4.20. The van der Waals surface area contributed by atoms with Gasteiger partial charge >= 0.3 is 0 Å². The molecule has 3 aromatic heterocycles. The Labute approximate surface area is 268 Å². The van der Waals surface area contributed by atoms with E-state index >= 15 is 0 Å². The van der Waals surface area contributed by atoms with Crippen molar-refractivity contribution in [2.45, 2.75) is 32.6 Å². The van der Waals surface area contributed by atoms with E-state index in [0.29, 0.717) is 44.2 Å². The first-order valence-electron chi connectivity index (χ1n) is 14.2. The third-order valence-electron chi connectivity index (χ3n) is 7.61. The second-order valence-electron chi connectivity index (χ2n) is 10.6. The summed E-state index contributed by atoms with van der Waals surface area (Å²) < 4.78 is 3.24. The number of aryl methyl sites for hydroxylation is 2. The van der Waals surface area contributed by atoms with Crippen molar-refractivity contribution in [3.05, 3.63) is 139 Å². The number of hydrogen-bond donors (Lipinski definition) is 1. The highest BCUT2D eigenvalue weighted by Crippen LogP contribution is 2.29. The van der Waals surface area contributed by atoms with E-state index in [1.807, 2.05) is 60.8 Å². The van der Waals surface area contributed by atoms with Gasteiger partial charge in [-0.05, 0) is 55.7 Å². The molecule has 44 heavy (non-hydrogen) atoms. The van der Waals surface area contributed by atoms with Crippen molar-refractivity contribution in [2.75, 3.05) is 6.54 Å². The van der Waals surface area contributed by atoms with Gasteiger partial charge in [-0.1, -0.05) is 83.9 Å².